The molecular weight excluding hydrogens is 170 g/mol. The van der Waals surface area contributed by atoms with Crippen molar-refractivity contribution in [3.8, 4) is 0 Å². The van der Waals surface area contributed by atoms with Crippen molar-refractivity contribution in [1.82, 2.24) is 0 Å². The number of ether oxygens (including phenoxy) is 1. The van der Waals surface area contributed by atoms with Crippen LogP contribution in [-0.2, 0) is 14.3 Å². The fraction of sp³-hybridized carbons (Fsp3) is 0.778. The van der Waals surface area contributed by atoms with Crippen LogP contribution >= 0.6 is 0 Å². The second kappa shape index (κ2) is 6.38. The van der Waals surface area contributed by atoms with Gasteiger partial charge >= 0.3 is 12.0 Å². The summed E-state index contributed by atoms with van der Waals surface area (Å²) in [6.07, 6.45) is 4.19. The summed E-state index contributed by atoms with van der Waals surface area (Å²) in [4.78, 5) is 21.5. The average Bonchev–Trinajstić information content (AvgIpc) is 2.17. The normalized spacial score (nSPS) is 11.6. The molecule has 0 saturated carbocycles. The van der Waals surface area contributed by atoms with Crippen LogP contribution in [0.1, 0.15) is 26.2 Å². The third-order valence-electron chi connectivity index (χ3n) is 1.92. The van der Waals surface area contributed by atoms with Crippen LogP contribution in [0.15, 0.2) is 0 Å². The number of carbonyl (C=O) groups excluding carboxylic acids is 2. The van der Waals surface area contributed by atoms with Crippen molar-refractivity contribution < 1.29 is 18.9 Å². The summed E-state index contributed by atoms with van der Waals surface area (Å²) in [5, 5.41) is 0. The summed E-state index contributed by atoms with van der Waals surface area (Å²) < 4.78 is 5.80. The number of nitrogens with zero attached hydrogens (tertiary/aromatic N) is 1. The zero-order valence-electron chi connectivity index (χ0n) is 8.37. The van der Waals surface area contributed by atoms with Crippen LogP contribution in [0.4, 0.5) is 0 Å². The molecule has 0 unspecified atom stereocenters. The summed E-state index contributed by atoms with van der Waals surface area (Å²) in [7, 11) is 2.85. The molecule has 0 rings (SSSR count). The van der Waals surface area contributed by atoms with Gasteiger partial charge in [-0.3, -0.25) is 0 Å². The highest BCUT2D eigenvalue weighted by Gasteiger charge is 2.27. The lowest BCUT2D eigenvalue weighted by Crippen LogP contribution is -2.32. The first-order valence-corrected chi connectivity index (χ1v) is 4.35. The van der Waals surface area contributed by atoms with Crippen molar-refractivity contribution in [1.29, 1.82) is 0 Å². The molecular formula is C9H16NO3+. The second-order valence-corrected chi connectivity index (χ2v) is 2.88. The topological polar surface area (TPSA) is 46.4 Å². The van der Waals surface area contributed by atoms with E-state index in [0.717, 1.165) is 12.8 Å². The minimum atomic E-state index is -0.484. The van der Waals surface area contributed by atoms with Crippen LogP contribution < -0.4 is 0 Å². The second-order valence-electron chi connectivity index (χ2n) is 2.88. The largest absolute Gasteiger partial charge is 0.464 e. The third kappa shape index (κ3) is 3.85. The molecule has 13 heavy (non-hydrogen) atoms. The highest BCUT2D eigenvalue weighted by molar-refractivity contribution is 5.74. The fourth-order valence-electron chi connectivity index (χ4n) is 1.07. The monoisotopic (exact) mass is 186 g/mol. The first-order chi connectivity index (χ1) is 6.17. The van der Waals surface area contributed by atoms with E-state index in [1.54, 1.807) is 6.08 Å². The third-order valence-corrected chi connectivity index (χ3v) is 1.92. The molecule has 0 aliphatic heterocycles. The van der Waals surface area contributed by atoms with Gasteiger partial charge in [0.15, 0.2) is 0 Å². The molecule has 1 atom stereocenters. The van der Waals surface area contributed by atoms with Gasteiger partial charge in [0, 0.05) is 6.42 Å². The lowest BCUT2D eigenvalue weighted by atomic mass is 10.1. The van der Waals surface area contributed by atoms with Gasteiger partial charge in [0.25, 0.3) is 6.04 Å². The van der Waals surface area contributed by atoms with Gasteiger partial charge in [0.2, 0.25) is 0 Å². The van der Waals surface area contributed by atoms with Gasteiger partial charge in [-0.25, -0.2) is 4.79 Å². The predicted octanol–water partition coefficient (Wildman–Crippen LogP) is 0.696. The molecule has 0 heterocycles. The van der Waals surface area contributed by atoms with Gasteiger partial charge in [0.1, 0.15) is 7.05 Å². The molecule has 0 aliphatic carbocycles. The molecule has 4 heteroatoms. The first kappa shape index (κ1) is 11.8. The highest BCUT2D eigenvalue weighted by atomic mass is 16.5. The van der Waals surface area contributed by atoms with E-state index >= 15 is 0 Å². The first-order valence-electron chi connectivity index (χ1n) is 4.35. The number of methoxy groups -OCH3 is 1. The van der Waals surface area contributed by atoms with E-state index in [4.69, 9.17) is 0 Å². The van der Waals surface area contributed by atoms with E-state index in [1.165, 1.54) is 18.7 Å². The summed E-state index contributed by atoms with van der Waals surface area (Å²) in [6, 6.07) is -0.484. The number of carbonyl (C=O) groups is 1. The van der Waals surface area contributed by atoms with E-state index in [1.807, 2.05) is 6.92 Å². The van der Waals surface area contributed by atoms with Gasteiger partial charge in [-0.1, -0.05) is 13.3 Å². The number of unbranched alkanes of at least 4 members (excludes halogenated alkanes) is 1. The Hall–Kier alpha value is -1.15. The van der Waals surface area contributed by atoms with Gasteiger partial charge in [-0.2, -0.15) is 4.79 Å². The van der Waals surface area contributed by atoms with Crippen molar-refractivity contribution in [2.24, 2.45) is 0 Å². The minimum Gasteiger partial charge on any atom is -0.464 e. The molecule has 0 aromatic rings. The van der Waals surface area contributed by atoms with Crippen LogP contribution in [-0.4, -0.2) is 36.8 Å². The van der Waals surface area contributed by atoms with Crippen LogP contribution in [0.25, 0.3) is 0 Å². The van der Waals surface area contributed by atoms with Crippen LogP contribution in [0.2, 0.25) is 0 Å². The van der Waals surface area contributed by atoms with Crippen LogP contribution in [0.5, 0.6) is 0 Å². The number of likely N-dealkylation sites (N-methyl/N-ethyl adjacent to an activating group) is 1. The molecule has 0 fully saturated rings. The van der Waals surface area contributed by atoms with E-state index in [0.29, 0.717) is 6.42 Å². The number of hydrogen-bond donors (Lipinski definition) is 0. The molecule has 0 bridgehead atoms. The zero-order chi connectivity index (χ0) is 10.3. The number of hydrogen-bond acceptors (Lipinski definition) is 3. The lowest BCUT2D eigenvalue weighted by molar-refractivity contribution is -0.524. The summed E-state index contributed by atoms with van der Waals surface area (Å²) >= 11 is 0. The molecule has 0 spiro atoms. The van der Waals surface area contributed by atoms with Gasteiger partial charge in [-0.05, 0) is 6.42 Å². The molecule has 0 aromatic carbocycles. The smallest absolute Gasteiger partial charge is 0.424 e. The zero-order valence-corrected chi connectivity index (χ0v) is 8.37. The minimum absolute atomic E-state index is 0.376. The average molecular weight is 186 g/mol. The quantitative estimate of drug-likeness (QED) is 0.275. The molecule has 74 valence electrons. The Morgan fingerprint density at radius 2 is 2.23 bits per heavy atom. The van der Waals surface area contributed by atoms with Crippen molar-refractivity contribution in [2.45, 2.75) is 32.2 Å². The van der Waals surface area contributed by atoms with Crippen LogP contribution in [0, 0.1) is 0 Å². The molecule has 0 aromatic heterocycles. The Labute approximate surface area is 78.2 Å². The predicted molar refractivity (Wildman–Crippen MR) is 47.2 cm³/mol. The number of isocyanates is 1. The SMILES string of the molecule is CCCC[C@@H](C(=O)OC)[N+](C)=C=O. The Morgan fingerprint density at radius 3 is 2.62 bits per heavy atom. The highest BCUT2D eigenvalue weighted by Crippen LogP contribution is 2.04. The molecule has 0 N–H and O–H groups in total. The summed E-state index contributed by atoms with van der Waals surface area (Å²) in [6.45, 7) is 2.03. The molecule has 0 amide bonds. The molecule has 4 nitrogen and oxygen atoms in total. The van der Waals surface area contributed by atoms with E-state index in [-0.39, 0.29) is 5.97 Å². The van der Waals surface area contributed by atoms with Gasteiger partial charge in [-0.15, -0.1) is 4.58 Å². The lowest BCUT2D eigenvalue weighted by Gasteiger charge is -2.06. The summed E-state index contributed by atoms with van der Waals surface area (Å²) in [5.41, 5.74) is 0. The Balaban J connectivity index is 4.36. The fourth-order valence-corrected chi connectivity index (χ4v) is 1.07. The number of esters is 1. The standard InChI is InChI=1S/C9H16NO3/c1-4-5-6-8(9(12)13-3)10(2)7-11/h8H,4-6H2,1-3H3/q+1/t8-/m0/s1. The Morgan fingerprint density at radius 1 is 1.62 bits per heavy atom. The van der Waals surface area contributed by atoms with Crippen LogP contribution in [0.3, 0.4) is 0 Å². The van der Waals surface area contributed by atoms with Crippen molar-refractivity contribution in [2.75, 3.05) is 14.2 Å². The Bertz CT molecular complexity index is 219. The van der Waals surface area contributed by atoms with Gasteiger partial charge < -0.3 is 4.74 Å². The van der Waals surface area contributed by atoms with Gasteiger partial charge in [0.05, 0.1) is 7.11 Å². The van der Waals surface area contributed by atoms with Crippen molar-refractivity contribution in [3.05, 3.63) is 0 Å². The maximum Gasteiger partial charge on any atom is 0.424 e. The van der Waals surface area contributed by atoms with Crippen molar-refractivity contribution in [3.63, 3.8) is 0 Å². The van der Waals surface area contributed by atoms with E-state index in [9.17, 15) is 9.59 Å². The van der Waals surface area contributed by atoms with E-state index < -0.39 is 6.04 Å². The molecule has 0 radical (unpaired) electrons. The number of rotatable bonds is 5. The molecule has 0 saturated heterocycles. The Kier molecular flexibility index (Phi) is 5.81. The van der Waals surface area contributed by atoms with E-state index in [2.05, 4.69) is 4.74 Å². The molecule has 0 aliphatic rings. The van der Waals surface area contributed by atoms with Crippen molar-refractivity contribution >= 4 is 12.0 Å². The maximum atomic E-state index is 11.2. The maximum absolute atomic E-state index is 11.2. The summed E-state index contributed by atoms with van der Waals surface area (Å²) in [5.74, 6) is -0.376.